The Hall–Kier alpha value is -0.980. The number of nitrogens with two attached hydrogens (primary N) is 1. The number of thiocarbonyl (C=S) groups is 1. The lowest BCUT2D eigenvalue weighted by molar-refractivity contribution is -0.138. The van der Waals surface area contributed by atoms with Gasteiger partial charge in [0.2, 0.25) is 0 Å². The Morgan fingerprint density at radius 2 is 2.46 bits per heavy atom. The van der Waals surface area contributed by atoms with Crippen LogP contribution in [0.25, 0.3) is 0 Å². The van der Waals surface area contributed by atoms with E-state index in [9.17, 15) is 4.79 Å². The maximum Gasteiger partial charge on any atom is 0.330 e. The van der Waals surface area contributed by atoms with E-state index in [2.05, 4.69) is 17.8 Å². The summed E-state index contributed by atoms with van der Waals surface area (Å²) in [5, 5.41) is 1.43. The molecule has 0 aliphatic heterocycles. The molecule has 0 aromatic rings. The zero-order chi connectivity index (χ0) is 10.1. The van der Waals surface area contributed by atoms with E-state index in [-0.39, 0.29) is 12.6 Å². The van der Waals surface area contributed by atoms with E-state index in [1.165, 1.54) is 16.6 Å². The van der Waals surface area contributed by atoms with Crippen LogP contribution in [-0.2, 0) is 9.53 Å². The van der Waals surface area contributed by atoms with Gasteiger partial charge in [0.05, 0.1) is 12.0 Å². The Morgan fingerprint density at radius 1 is 1.77 bits per heavy atom. The van der Waals surface area contributed by atoms with Crippen LogP contribution < -0.4 is 11.4 Å². The summed E-state index contributed by atoms with van der Waals surface area (Å²) in [4.78, 5) is 10.8. The molecule has 0 unspecified atom stereocenters. The second kappa shape index (κ2) is 7.66. The van der Waals surface area contributed by atoms with Gasteiger partial charge >= 0.3 is 5.97 Å². The fraction of sp³-hybridized carbons (Fsp3) is 0.429. The summed E-state index contributed by atoms with van der Waals surface area (Å²) in [6.07, 6.45) is 2.96. The number of ether oxygens (including phenoxy) is 1. The summed E-state index contributed by atoms with van der Waals surface area (Å²) in [6.45, 7) is 2.40. The van der Waals surface area contributed by atoms with Crippen molar-refractivity contribution in [3.8, 4) is 0 Å². The van der Waals surface area contributed by atoms with Crippen molar-refractivity contribution in [2.45, 2.75) is 6.92 Å². The first-order valence-corrected chi connectivity index (χ1v) is 4.19. The average Bonchev–Trinajstić information content (AvgIpc) is 2.13. The van der Waals surface area contributed by atoms with Crippen LogP contribution in [0.3, 0.4) is 0 Å². The summed E-state index contributed by atoms with van der Waals surface area (Å²) in [7, 11) is 0. The third-order valence-electron chi connectivity index (χ3n) is 1.17. The van der Waals surface area contributed by atoms with Crippen LogP contribution in [0.2, 0.25) is 0 Å². The van der Waals surface area contributed by atoms with Gasteiger partial charge in [-0.2, -0.15) is 5.53 Å². The number of hydrogen-bond acceptors (Lipinski definition) is 5. The molecule has 0 amide bonds. The third kappa shape index (κ3) is 6.21. The predicted molar refractivity (Wildman–Crippen MR) is 53.5 cm³/mol. The number of hydrazine groups is 2. The van der Waals surface area contributed by atoms with E-state index in [0.29, 0.717) is 6.54 Å². The van der Waals surface area contributed by atoms with Gasteiger partial charge < -0.3 is 4.74 Å². The molecule has 0 aliphatic carbocycles. The van der Waals surface area contributed by atoms with Gasteiger partial charge in [-0.3, -0.25) is 10.9 Å². The van der Waals surface area contributed by atoms with Crippen molar-refractivity contribution in [1.82, 2.24) is 10.5 Å². The van der Waals surface area contributed by atoms with Crippen molar-refractivity contribution in [2.75, 3.05) is 13.2 Å². The first-order valence-electron chi connectivity index (χ1n) is 3.72. The third-order valence-corrected chi connectivity index (χ3v) is 1.43. The van der Waals surface area contributed by atoms with E-state index >= 15 is 0 Å². The van der Waals surface area contributed by atoms with Gasteiger partial charge in [-0.1, -0.05) is 18.3 Å². The van der Waals surface area contributed by atoms with Crippen LogP contribution in [0.1, 0.15) is 6.92 Å². The highest BCUT2D eigenvalue weighted by molar-refractivity contribution is 7.78. The highest BCUT2D eigenvalue weighted by atomic mass is 32.1. The van der Waals surface area contributed by atoms with Crippen molar-refractivity contribution in [1.29, 1.82) is 0 Å². The Kier molecular flexibility index (Phi) is 7.08. The molecule has 0 aliphatic rings. The molecule has 74 valence electrons. The predicted octanol–water partition coefficient (Wildman–Crippen LogP) is -0.257. The minimum absolute atomic E-state index is 0.237. The molecule has 0 fully saturated rings. The second-order valence-electron chi connectivity index (χ2n) is 2.10. The topological polar surface area (TPSA) is 67.6 Å². The molecule has 3 N–H and O–H groups in total. The Morgan fingerprint density at radius 3 is 2.92 bits per heavy atom. The van der Waals surface area contributed by atoms with Crippen molar-refractivity contribution < 1.29 is 9.53 Å². The molecule has 5 nitrogen and oxygen atoms in total. The molecule has 0 heterocycles. The number of nitrogens with one attached hydrogen (secondary N) is 1. The van der Waals surface area contributed by atoms with Gasteiger partial charge in [0.15, 0.2) is 0 Å². The number of nitrogens with zero attached hydrogens (tertiary/aromatic N) is 1. The normalized spacial score (nSPS) is 10.0. The zero-order valence-electron chi connectivity index (χ0n) is 7.40. The highest BCUT2D eigenvalue weighted by Crippen LogP contribution is 1.83. The number of esters is 1. The van der Waals surface area contributed by atoms with E-state index in [1.807, 2.05) is 0 Å². The van der Waals surface area contributed by atoms with Crippen LogP contribution in [-0.4, -0.2) is 29.6 Å². The average molecular weight is 203 g/mol. The molecule has 0 saturated carbocycles. The van der Waals surface area contributed by atoms with Crippen LogP contribution in [0.4, 0.5) is 0 Å². The lowest BCUT2D eigenvalue weighted by atomic mass is 10.5. The van der Waals surface area contributed by atoms with Crippen LogP contribution in [0.15, 0.2) is 12.2 Å². The Labute approximate surface area is 82.5 Å². The van der Waals surface area contributed by atoms with Crippen LogP contribution in [0.5, 0.6) is 0 Å². The number of carbonyl (C=O) groups excluding carboxylic acids is 1. The summed E-state index contributed by atoms with van der Waals surface area (Å²) in [6, 6.07) is 0. The maximum absolute atomic E-state index is 10.8. The van der Waals surface area contributed by atoms with Crippen molar-refractivity contribution in [2.24, 2.45) is 5.84 Å². The summed E-state index contributed by atoms with van der Waals surface area (Å²) < 4.78 is 4.79. The number of allylic oxidation sites excluding steroid dienone is 1. The molecule has 6 heteroatoms. The van der Waals surface area contributed by atoms with Crippen LogP contribution >= 0.6 is 12.2 Å². The highest BCUT2D eigenvalue weighted by Gasteiger charge is 1.98. The zero-order valence-corrected chi connectivity index (χ0v) is 8.21. The number of rotatable bonds is 6. The van der Waals surface area contributed by atoms with Gasteiger partial charge in [0.25, 0.3) is 0 Å². The Balaban J connectivity index is 3.54. The van der Waals surface area contributed by atoms with E-state index in [4.69, 9.17) is 10.6 Å². The van der Waals surface area contributed by atoms with Gasteiger partial charge in [0.1, 0.15) is 6.61 Å². The van der Waals surface area contributed by atoms with E-state index < -0.39 is 0 Å². The minimum atomic E-state index is -0.371. The molecule has 0 spiro atoms. The van der Waals surface area contributed by atoms with E-state index in [1.54, 1.807) is 13.0 Å². The van der Waals surface area contributed by atoms with Crippen molar-refractivity contribution >= 4 is 23.7 Å². The molecule has 0 bridgehead atoms. The first kappa shape index (κ1) is 12.0. The van der Waals surface area contributed by atoms with Gasteiger partial charge in [-0.15, -0.1) is 0 Å². The lowest BCUT2D eigenvalue weighted by Crippen LogP contribution is -2.43. The monoisotopic (exact) mass is 203 g/mol. The molecule has 0 radical (unpaired) electrons. The fourth-order valence-electron chi connectivity index (χ4n) is 0.576. The SMILES string of the molecule is C/C=C/C(=O)OCCN(C=S)NN. The molecule has 0 atom stereocenters. The van der Waals surface area contributed by atoms with Gasteiger partial charge in [-0.25, -0.2) is 4.79 Å². The first-order chi connectivity index (χ1) is 6.24. The quantitative estimate of drug-likeness (QED) is 0.204. The van der Waals surface area contributed by atoms with E-state index in [0.717, 1.165) is 0 Å². The molecular weight excluding hydrogens is 190 g/mol. The van der Waals surface area contributed by atoms with Gasteiger partial charge in [0, 0.05) is 6.08 Å². The van der Waals surface area contributed by atoms with Gasteiger partial charge in [-0.05, 0) is 6.92 Å². The molecule has 0 rings (SSSR count). The fourth-order valence-corrected chi connectivity index (χ4v) is 0.743. The standard InChI is InChI=1S/C7H13N3O2S/c1-2-3-7(11)12-5-4-10(6-13)9-8/h2-3,6,9H,4-5,8H2,1H3/b3-2+. The van der Waals surface area contributed by atoms with Crippen molar-refractivity contribution in [3.63, 3.8) is 0 Å². The number of hydrogen-bond donors (Lipinski definition) is 2. The summed E-state index contributed by atoms with van der Waals surface area (Å²) in [5.41, 5.74) is 3.66. The lowest BCUT2D eigenvalue weighted by Gasteiger charge is -2.15. The summed E-state index contributed by atoms with van der Waals surface area (Å²) in [5.74, 6) is 4.71. The van der Waals surface area contributed by atoms with Crippen LogP contribution in [0, 0.1) is 0 Å². The molecular formula is C7H13N3O2S. The summed E-state index contributed by atoms with van der Waals surface area (Å²) >= 11 is 4.61. The number of carbonyl (C=O) groups is 1. The largest absolute Gasteiger partial charge is 0.461 e. The molecule has 13 heavy (non-hydrogen) atoms. The minimum Gasteiger partial charge on any atom is -0.461 e. The maximum atomic E-state index is 10.8. The van der Waals surface area contributed by atoms with Crippen molar-refractivity contribution in [3.05, 3.63) is 12.2 Å². The Bertz CT molecular complexity index is 196. The molecule has 0 aromatic heterocycles. The molecule has 0 aromatic carbocycles. The smallest absolute Gasteiger partial charge is 0.330 e. The molecule has 0 saturated heterocycles. The second-order valence-corrected chi connectivity index (χ2v) is 2.31.